The van der Waals surface area contributed by atoms with Crippen LogP contribution in [0.1, 0.15) is 19.4 Å². The summed E-state index contributed by atoms with van der Waals surface area (Å²) in [5.41, 5.74) is 2.35. The number of benzene rings is 1. The van der Waals surface area contributed by atoms with Crippen LogP contribution in [-0.4, -0.2) is 0 Å². The Morgan fingerprint density at radius 1 is 1.33 bits per heavy atom. The van der Waals surface area contributed by atoms with Gasteiger partial charge in [-0.2, -0.15) is 0 Å². The lowest BCUT2D eigenvalue weighted by atomic mass is 10.2. The molecular formula is C11H17N. The molecule has 0 radical (unpaired) electrons. The van der Waals surface area contributed by atoms with Crippen molar-refractivity contribution in [3.63, 3.8) is 0 Å². The van der Waals surface area contributed by atoms with Gasteiger partial charge in [-0.05, 0) is 30.8 Å². The molecule has 0 amide bonds. The molecule has 12 heavy (non-hydrogen) atoms. The molecule has 1 aromatic carbocycles. The van der Waals surface area contributed by atoms with E-state index >= 15 is 0 Å². The number of anilines is 1. The van der Waals surface area contributed by atoms with Crippen LogP contribution in [0.25, 0.3) is 0 Å². The maximum Gasteiger partial charge on any atom is 0.0382 e. The largest absolute Gasteiger partial charge is 0.362 e. The van der Waals surface area contributed by atoms with E-state index in [4.69, 9.17) is 0 Å². The number of hydrogen-bond donors (Lipinski definition) is 1. The molecule has 0 aliphatic rings. The number of nitrogens with one attached hydrogen (secondary N) is 1. The molecule has 0 saturated carbocycles. The Morgan fingerprint density at radius 2 is 2.00 bits per heavy atom. The first kappa shape index (κ1) is 10.8. The highest BCUT2D eigenvalue weighted by atomic mass is 14.8. The number of rotatable bonds is 2. The first-order valence-electron chi connectivity index (χ1n) is 4.27. The van der Waals surface area contributed by atoms with Gasteiger partial charge in [0.25, 0.3) is 0 Å². The monoisotopic (exact) mass is 163 g/mol. The minimum Gasteiger partial charge on any atom is -0.362 e. The minimum absolute atomic E-state index is 1.09. The molecular weight excluding hydrogens is 146 g/mol. The summed E-state index contributed by atoms with van der Waals surface area (Å²) >= 11 is 0. The van der Waals surface area contributed by atoms with E-state index in [1.165, 1.54) is 5.56 Å². The van der Waals surface area contributed by atoms with Gasteiger partial charge in [0.05, 0.1) is 0 Å². The van der Waals surface area contributed by atoms with Crippen LogP contribution in [-0.2, 0) is 0 Å². The predicted octanol–water partition coefficient (Wildman–Crippen LogP) is 3.58. The molecule has 1 heteroatoms. The van der Waals surface area contributed by atoms with Crippen molar-refractivity contribution in [3.8, 4) is 0 Å². The zero-order valence-corrected chi connectivity index (χ0v) is 8.09. The van der Waals surface area contributed by atoms with Crippen molar-refractivity contribution in [2.45, 2.75) is 20.8 Å². The van der Waals surface area contributed by atoms with Gasteiger partial charge in [-0.15, -0.1) is 0 Å². The zero-order valence-electron chi connectivity index (χ0n) is 8.09. The van der Waals surface area contributed by atoms with Gasteiger partial charge in [-0.1, -0.05) is 32.6 Å². The number of aryl methyl sites for hydroxylation is 1. The van der Waals surface area contributed by atoms with Crippen molar-refractivity contribution >= 4 is 5.69 Å². The van der Waals surface area contributed by atoms with Crippen LogP contribution >= 0.6 is 0 Å². The number of hydrogen-bond acceptors (Lipinski definition) is 1. The van der Waals surface area contributed by atoms with Gasteiger partial charge in [0.1, 0.15) is 0 Å². The molecule has 1 rings (SSSR count). The topological polar surface area (TPSA) is 12.0 Å². The Bertz CT molecular complexity index is 228. The molecule has 0 aliphatic heterocycles. The highest BCUT2D eigenvalue weighted by Gasteiger charge is 1.85. The van der Waals surface area contributed by atoms with Gasteiger partial charge in [0.15, 0.2) is 0 Å². The molecule has 0 bridgehead atoms. The molecule has 1 aromatic rings. The summed E-state index contributed by atoms with van der Waals surface area (Å²) in [4.78, 5) is 0. The first-order valence-corrected chi connectivity index (χ1v) is 4.27. The molecule has 0 unspecified atom stereocenters. The van der Waals surface area contributed by atoms with E-state index in [-0.39, 0.29) is 0 Å². The smallest absolute Gasteiger partial charge is 0.0382 e. The van der Waals surface area contributed by atoms with Gasteiger partial charge in [0.2, 0.25) is 0 Å². The van der Waals surface area contributed by atoms with Gasteiger partial charge in [0, 0.05) is 5.69 Å². The molecule has 0 atom stereocenters. The van der Waals surface area contributed by atoms with Crippen molar-refractivity contribution in [3.05, 3.63) is 42.6 Å². The fourth-order valence-corrected chi connectivity index (χ4v) is 0.853. The standard InChI is InChI=1S/C9H11N.C2H6/c1-3-10-9-6-4-5-8(2)7-9;1-2/h3-7,10H,1H2,2H3;1-2H3. The van der Waals surface area contributed by atoms with Gasteiger partial charge >= 0.3 is 0 Å². The quantitative estimate of drug-likeness (QED) is 0.702. The maximum atomic E-state index is 3.57. The molecule has 0 heterocycles. The summed E-state index contributed by atoms with van der Waals surface area (Å²) in [6, 6.07) is 8.16. The fourth-order valence-electron chi connectivity index (χ4n) is 0.853. The van der Waals surface area contributed by atoms with Crippen LogP contribution < -0.4 is 5.32 Å². The summed E-state index contributed by atoms with van der Waals surface area (Å²) in [5, 5.41) is 3.01. The average molecular weight is 163 g/mol. The minimum atomic E-state index is 1.09. The van der Waals surface area contributed by atoms with Crippen LogP contribution in [0, 0.1) is 6.92 Å². The Kier molecular flexibility index (Phi) is 5.80. The van der Waals surface area contributed by atoms with E-state index in [1.54, 1.807) is 6.20 Å². The summed E-state index contributed by atoms with van der Waals surface area (Å²) in [6.07, 6.45) is 1.68. The van der Waals surface area contributed by atoms with E-state index in [2.05, 4.69) is 31.0 Å². The molecule has 0 fully saturated rings. The highest BCUT2D eigenvalue weighted by molar-refractivity contribution is 5.47. The van der Waals surface area contributed by atoms with Crippen molar-refractivity contribution < 1.29 is 0 Å². The lowest BCUT2D eigenvalue weighted by molar-refractivity contribution is 1.46. The third-order valence-electron chi connectivity index (χ3n) is 1.29. The zero-order chi connectivity index (χ0) is 9.40. The Morgan fingerprint density at radius 3 is 2.50 bits per heavy atom. The second-order valence-corrected chi connectivity index (χ2v) is 2.22. The lowest BCUT2D eigenvalue weighted by Crippen LogP contribution is -1.85. The first-order chi connectivity index (χ1) is 5.83. The predicted molar refractivity (Wildman–Crippen MR) is 56.3 cm³/mol. The third-order valence-corrected chi connectivity index (χ3v) is 1.29. The van der Waals surface area contributed by atoms with Crippen molar-refractivity contribution in [2.24, 2.45) is 0 Å². The summed E-state index contributed by atoms with van der Waals surface area (Å²) in [5.74, 6) is 0. The molecule has 1 N–H and O–H groups in total. The Balaban J connectivity index is 0.000000561. The molecule has 0 spiro atoms. The van der Waals surface area contributed by atoms with Crippen LogP contribution in [0.2, 0.25) is 0 Å². The normalized spacial score (nSPS) is 7.92. The third kappa shape index (κ3) is 3.81. The average Bonchev–Trinajstić information content (AvgIpc) is 2.09. The van der Waals surface area contributed by atoms with E-state index < -0.39 is 0 Å². The van der Waals surface area contributed by atoms with Crippen molar-refractivity contribution in [1.82, 2.24) is 0 Å². The second-order valence-electron chi connectivity index (χ2n) is 2.22. The summed E-state index contributed by atoms with van der Waals surface area (Å²) in [6.45, 7) is 9.64. The van der Waals surface area contributed by atoms with E-state index in [9.17, 15) is 0 Å². The van der Waals surface area contributed by atoms with Crippen molar-refractivity contribution in [2.75, 3.05) is 5.32 Å². The van der Waals surface area contributed by atoms with E-state index in [1.807, 2.05) is 26.0 Å². The Labute approximate surface area is 75.1 Å². The highest BCUT2D eigenvalue weighted by Crippen LogP contribution is 2.08. The second kappa shape index (κ2) is 6.47. The van der Waals surface area contributed by atoms with Crippen LogP contribution in [0.3, 0.4) is 0 Å². The molecule has 66 valence electrons. The van der Waals surface area contributed by atoms with Gasteiger partial charge in [-0.25, -0.2) is 0 Å². The van der Waals surface area contributed by atoms with Crippen LogP contribution in [0.15, 0.2) is 37.0 Å². The lowest BCUT2D eigenvalue weighted by Gasteiger charge is -1.99. The Hall–Kier alpha value is -1.24. The molecule has 0 aliphatic carbocycles. The van der Waals surface area contributed by atoms with E-state index in [0.29, 0.717) is 0 Å². The molecule has 0 saturated heterocycles. The molecule has 1 nitrogen and oxygen atoms in total. The fraction of sp³-hybridized carbons (Fsp3) is 0.273. The van der Waals surface area contributed by atoms with Crippen LogP contribution in [0.5, 0.6) is 0 Å². The van der Waals surface area contributed by atoms with Crippen molar-refractivity contribution in [1.29, 1.82) is 0 Å². The van der Waals surface area contributed by atoms with E-state index in [0.717, 1.165) is 5.69 Å². The summed E-state index contributed by atoms with van der Waals surface area (Å²) < 4.78 is 0. The van der Waals surface area contributed by atoms with Gasteiger partial charge < -0.3 is 5.32 Å². The SMILES string of the molecule is C=CNc1cccc(C)c1.CC. The maximum absolute atomic E-state index is 3.57. The summed E-state index contributed by atoms with van der Waals surface area (Å²) in [7, 11) is 0. The van der Waals surface area contributed by atoms with Gasteiger partial charge in [-0.3, -0.25) is 0 Å². The van der Waals surface area contributed by atoms with Crippen LogP contribution in [0.4, 0.5) is 5.69 Å². The molecule has 0 aromatic heterocycles.